The maximum absolute atomic E-state index is 13.4. The number of ether oxygens (including phenoxy) is 1. The van der Waals surface area contributed by atoms with E-state index in [0.717, 1.165) is 16.7 Å². The molecule has 0 N–H and O–H groups in total. The number of rotatable bonds is 5. The minimum Gasteiger partial charge on any atom is -0.442 e. The summed E-state index contributed by atoms with van der Waals surface area (Å²) in [5.41, 5.74) is 3.52. The molecule has 8 nitrogen and oxygen atoms in total. The molecular formula is C28H24ClN5O3. The van der Waals surface area contributed by atoms with Crippen LogP contribution >= 0.6 is 11.6 Å². The Labute approximate surface area is 218 Å². The summed E-state index contributed by atoms with van der Waals surface area (Å²) in [6, 6.07) is 17.3. The summed E-state index contributed by atoms with van der Waals surface area (Å²) in [4.78, 5) is 28.2. The van der Waals surface area contributed by atoms with Crippen LogP contribution in [0.2, 0.25) is 5.02 Å². The van der Waals surface area contributed by atoms with Crippen molar-refractivity contribution in [2.45, 2.75) is 39.2 Å². The highest BCUT2D eigenvalue weighted by Crippen LogP contribution is 2.50. The predicted octanol–water partition coefficient (Wildman–Crippen LogP) is 5.50. The first-order valence-corrected chi connectivity index (χ1v) is 12.4. The number of nitrogens with zero attached hydrogens (tertiary/aromatic N) is 5. The van der Waals surface area contributed by atoms with Gasteiger partial charge in [0.25, 0.3) is 0 Å². The molecule has 4 aromatic rings. The van der Waals surface area contributed by atoms with E-state index in [9.17, 15) is 4.79 Å². The fourth-order valence-electron chi connectivity index (χ4n) is 5.00. The average molecular weight is 514 g/mol. The highest BCUT2D eigenvalue weighted by molar-refractivity contribution is 6.33. The monoisotopic (exact) mass is 513 g/mol. The molecule has 0 saturated carbocycles. The van der Waals surface area contributed by atoms with Gasteiger partial charge in [-0.1, -0.05) is 79.1 Å². The number of fused-ring (bicyclic) bond motifs is 3. The van der Waals surface area contributed by atoms with Gasteiger partial charge in [-0.25, -0.2) is 14.5 Å². The first kappa shape index (κ1) is 23.4. The van der Waals surface area contributed by atoms with Gasteiger partial charge in [0.15, 0.2) is 23.9 Å². The van der Waals surface area contributed by atoms with Crippen molar-refractivity contribution in [3.63, 3.8) is 0 Å². The standard InChI is InChI=1S/C28H24ClN5O3/c1-28(2)12-20(35)24-21(13-28)37-27-25(23(24)17-8-4-3-5-9-17)26-32-22(33-34(26)16-30-27)15-36-31-14-18-10-6-7-11-19(18)29/h3-11,14,16,23H,12-13,15H2,1-2H3/b31-14-/t23-/m1/s1. The van der Waals surface area contributed by atoms with Crippen LogP contribution in [0.5, 0.6) is 5.88 Å². The molecule has 0 bridgehead atoms. The number of Topliss-reactive ketones (excluding diaryl/α,β-unsaturated/α-hetero) is 1. The van der Waals surface area contributed by atoms with Crippen LogP contribution in [0.1, 0.15) is 55.1 Å². The lowest BCUT2D eigenvalue weighted by molar-refractivity contribution is -0.118. The summed E-state index contributed by atoms with van der Waals surface area (Å²) >= 11 is 6.16. The second-order valence-electron chi connectivity index (χ2n) is 10.0. The third-order valence-electron chi connectivity index (χ3n) is 6.61. The molecule has 37 heavy (non-hydrogen) atoms. The SMILES string of the molecule is CC1(C)CC(=O)C2=C(C1)Oc1ncn3nc(CO/N=C\c4ccccc4Cl)nc3c1[C@@H]2c1ccccc1. The molecule has 0 amide bonds. The van der Waals surface area contributed by atoms with Crippen molar-refractivity contribution < 1.29 is 14.4 Å². The minimum atomic E-state index is -0.351. The highest BCUT2D eigenvalue weighted by Gasteiger charge is 2.43. The molecule has 1 aliphatic heterocycles. The molecule has 0 saturated heterocycles. The molecule has 1 atom stereocenters. The first-order chi connectivity index (χ1) is 17.9. The van der Waals surface area contributed by atoms with Crippen molar-refractivity contribution in [3.8, 4) is 5.88 Å². The van der Waals surface area contributed by atoms with E-state index in [4.69, 9.17) is 26.2 Å². The van der Waals surface area contributed by atoms with Gasteiger partial charge in [0.05, 0.1) is 11.8 Å². The second kappa shape index (κ2) is 9.12. The fraction of sp³-hybridized carbons (Fsp3) is 0.250. The third kappa shape index (κ3) is 4.38. The van der Waals surface area contributed by atoms with Crippen LogP contribution in [-0.2, 0) is 16.2 Å². The van der Waals surface area contributed by atoms with Gasteiger partial charge >= 0.3 is 0 Å². The van der Waals surface area contributed by atoms with Crippen molar-refractivity contribution in [3.05, 3.63) is 99.8 Å². The molecule has 0 radical (unpaired) electrons. The third-order valence-corrected chi connectivity index (χ3v) is 6.95. The zero-order chi connectivity index (χ0) is 25.6. The summed E-state index contributed by atoms with van der Waals surface area (Å²) in [6.07, 6.45) is 4.24. The molecule has 3 heterocycles. The largest absolute Gasteiger partial charge is 0.442 e. The van der Waals surface area contributed by atoms with E-state index in [1.807, 2.05) is 48.5 Å². The fourth-order valence-corrected chi connectivity index (χ4v) is 5.18. The molecule has 186 valence electrons. The number of benzene rings is 2. The molecule has 9 heteroatoms. The molecule has 2 aromatic carbocycles. The number of halogens is 1. The van der Waals surface area contributed by atoms with Crippen molar-refractivity contribution >= 4 is 29.2 Å². The van der Waals surface area contributed by atoms with Crippen LogP contribution in [0.15, 0.2) is 77.4 Å². The van der Waals surface area contributed by atoms with Crippen molar-refractivity contribution in [2.24, 2.45) is 10.6 Å². The van der Waals surface area contributed by atoms with Crippen LogP contribution in [0, 0.1) is 5.41 Å². The van der Waals surface area contributed by atoms with E-state index in [-0.39, 0.29) is 23.7 Å². The van der Waals surface area contributed by atoms with E-state index in [0.29, 0.717) is 46.5 Å². The Morgan fingerprint density at radius 3 is 2.76 bits per heavy atom. The summed E-state index contributed by atoms with van der Waals surface area (Å²) in [5, 5.41) is 9.11. The van der Waals surface area contributed by atoms with Gasteiger partial charge in [-0.3, -0.25) is 4.79 Å². The van der Waals surface area contributed by atoms with Gasteiger partial charge in [0, 0.05) is 34.9 Å². The number of oxime groups is 1. The van der Waals surface area contributed by atoms with Gasteiger partial charge in [0.1, 0.15) is 12.1 Å². The van der Waals surface area contributed by atoms with Crippen LogP contribution in [0.25, 0.3) is 5.65 Å². The zero-order valence-corrected chi connectivity index (χ0v) is 21.1. The number of hydrogen-bond acceptors (Lipinski definition) is 7. The van der Waals surface area contributed by atoms with E-state index >= 15 is 0 Å². The Bertz CT molecular complexity index is 1580. The molecule has 0 unspecified atom stereocenters. The quantitative estimate of drug-likeness (QED) is 0.258. The van der Waals surface area contributed by atoms with Crippen molar-refractivity contribution in [1.82, 2.24) is 19.6 Å². The average Bonchev–Trinajstić information content (AvgIpc) is 3.29. The number of aromatic nitrogens is 4. The maximum Gasteiger partial charge on any atom is 0.228 e. The topological polar surface area (TPSA) is 91.0 Å². The Hall–Kier alpha value is -4.04. The van der Waals surface area contributed by atoms with Crippen LogP contribution < -0.4 is 4.74 Å². The Morgan fingerprint density at radius 1 is 1.16 bits per heavy atom. The molecule has 6 rings (SSSR count). The first-order valence-electron chi connectivity index (χ1n) is 12.0. The summed E-state index contributed by atoms with van der Waals surface area (Å²) < 4.78 is 7.86. The number of carbonyl (C=O) groups excluding carboxylic acids is 1. The maximum atomic E-state index is 13.4. The second-order valence-corrected chi connectivity index (χ2v) is 10.4. The molecule has 0 fully saturated rings. The molecule has 1 aliphatic carbocycles. The van der Waals surface area contributed by atoms with Crippen LogP contribution in [-0.4, -0.2) is 31.6 Å². The Morgan fingerprint density at radius 2 is 1.95 bits per heavy atom. The number of ketones is 1. The van der Waals surface area contributed by atoms with Gasteiger partial charge in [0.2, 0.25) is 5.88 Å². The number of carbonyl (C=O) groups is 1. The number of hydrogen-bond donors (Lipinski definition) is 0. The van der Waals surface area contributed by atoms with Gasteiger partial charge in [-0.15, -0.1) is 5.10 Å². The predicted molar refractivity (Wildman–Crippen MR) is 139 cm³/mol. The highest BCUT2D eigenvalue weighted by atomic mass is 35.5. The minimum absolute atomic E-state index is 0.0509. The zero-order valence-electron chi connectivity index (χ0n) is 20.4. The van der Waals surface area contributed by atoms with Crippen LogP contribution in [0.4, 0.5) is 0 Å². The van der Waals surface area contributed by atoms with E-state index in [1.54, 1.807) is 23.1 Å². The summed E-state index contributed by atoms with van der Waals surface area (Å²) in [7, 11) is 0. The lowest BCUT2D eigenvalue weighted by Gasteiger charge is -2.37. The molecular weight excluding hydrogens is 490 g/mol. The number of allylic oxidation sites excluding steroid dienone is 2. The molecule has 0 spiro atoms. The summed E-state index contributed by atoms with van der Waals surface area (Å²) in [6.45, 7) is 4.22. The lowest BCUT2D eigenvalue weighted by Crippen LogP contribution is -2.33. The summed E-state index contributed by atoms with van der Waals surface area (Å²) in [5.74, 6) is 1.30. The Balaban J connectivity index is 1.37. The van der Waals surface area contributed by atoms with E-state index in [2.05, 4.69) is 29.1 Å². The van der Waals surface area contributed by atoms with E-state index < -0.39 is 0 Å². The smallest absolute Gasteiger partial charge is 0.228 e. The van der Waals surface area contributed by atoms with Gasteiger partial charge in [-0.05, 0) is 17.0 Å². The van der Waals surface area contributed by atoms with E-state index in [1.165, 1.54) is 0 Å². The Kier molecular flexibility index (Phi) is 5.76. The van der Waals surface area contributed by atoms with Crippen molar-refractivity contribution in [2.75, 3.05) is 0 Å². The lowest BCUT2D eigenvalue weighted by atomic mass is 9.70. The van der Waals surface area contributed by atoms with Crippen molar-refractivity contribution in [1.29, 1.82) is 0 Å². The molecule has 2 aliphatic rings. The van der Waals surface area contributed by atoms with Gasteiger partial charge < -0.3 is 9.57 Å². The van der Waals surface area contributed by atoms with Gasteiger partial charge in [-0.2, -0.15) is 0 Å². The van der Waals surface area contributed by atoms with Crippen LogP contribution in [0.3, 0.4) is 0 Å². The normalized spacial score (nSPS) is 18.6. The molecule has 2 aromatic heterocycles.